The molecule has 0 unspecified atom stereocenters. The Bertz CT molecular complexity index is 602. The Balaban J connectivity index is 2.23. The third-order valence-corrected chi connectivity index (χ3v) is 3.87. The lowest BCUT2D eigenvalue weighted by Gasteiger charge is -2.23. The van der Waals surface area contributed by atoms with E-state index < -0.39 is 0 Å². The topological polar surface area (TPSA) is 29.3 Å². The highest BCUT2D eigenvalue weighted by Gasteiger charge is 2.07. The van der Waals surface area contributed by atoms with Crippen molar-refractivity contribution in [2.24, 2.45) is 5.73 Å². The van der Waals surface area contributed by atoms with Crippen LogP contribution in [0.2, 0.25) is 0 Å². The molecule has 0 saturated carbocycles. The first-order valence-corrected chi connectivity index (χ1v) is 7.08. The Morgan fingerprint density at radius 3 is 2.25 bits per heavy atom. The number of nitrogens with zero attached hydrogens (tertiary/aromatic N) is 1. The van der Waals surface area contributed by atoms with Gasteiger partial charge >= 0.3 is 0 Å². The maximum Gasteiger partial charge on any atom is 0.0426 e. The molecule has 0 amide bonds. The van der Waals surface area contributed by atoms with Gasteiger partial charge in [0.1, 0.15) is 0 Å². The molecule has 2 nitrogen and oxygen atoms in total. The van der Waals surface area contributed by atoms with Crippen molar-refractivity contribution in [3.05, 3.63) is 64.2 Å². The van der Waals surface area contributed by atoms with Gasteiger partial charge in [0.2, 0.25) is 0 Å². The van der Waals surface area contributed by atoms with Crippen molar-refractivity contribution in [2.75, 3.05) is 11.9 Å². The molecular weight excluding hydrogens is 244 g/mol. The quantitative estimate of drug-likeness (QED) is 0.916. The zero-order valence-electron chi connectivity index (χ0n) is 12.9. The normalized spacial score (nSPS) is 10.7. The van der Waals surface area contributed by atoms with Gasteiger partial charge in [-0.2, -0.15) is 0 Å². The van der Waals surface area contributed by atoms with E-state index in [0.717, 1.165) is 6.54 Å². The summed E-state index contributed by atoms with van der Waals surface area (Å²) in [5.74, 6) is 0. The lowest BCUT2D eigenvalue weighted by Crippen LogP contribution is -2.18. The van der Waals surface area contributed by atoms with Crippen LogP contribution < -0.4 is 10.6 Å². The number of hydrogen-bond donors (Lipinski definition) is 1. The van der Waals surface area contributed by atoms with Gasteiger partial charge in [0.05, 0.1) is 0 Å². The second-order valence-electron chi connectivity index (χ2n) is 5.60. The summed E-state index contributed by atoms with van der Waals surface area (Å²) >= 11 is 0. The fourth-order valence-corrected chi connectivity index (χ4v) is 2.57. The van der Waals surface area contributed by atoms with Crippen LogP contribution in [0.3, 0.4) is 0 Å². The van der Waals surface area contributed by atoms with Crippen LogP contribution in [0.25, 0.3) is 0 Å². The fraction of sp³-hybridized carbons (Fsp3) is 0.333. The van der Waals surface area contributed by atoms with E-state index in [4.69, 9.17) is 5.73 Å². The molecule has 0 fully saturated rings. The zero-order chi connectivity index (χ0) is 14.7. The van der Waals surface area contributed by atoms with E-state index in [0.29, 0.717) is 6.54 Å². The number of aryl methyl sites for hydroxylation is 3. The summed E-state index contributed by atoms with van der Waals surface area (Å²) in [4.78, 5) is 2.30. The molecule has 0 aliphatic heterocycles. The largest absolute Gasteiger partial charge is 0.370 e. The highest BCUT2D eigenvalue weighted by atomic mass is 15.1. The summed E-state index contributed by atoms with van der Waals surface area (Å²) in [6.45, 7) is 8.00. The molecule has 0 spiro atoms. The molecule has 2 aromatic carbocycles. The predicted molar refractivity (Wildman–Crippen MR) is 87.1 cm³/mol. The second kappa shape index (κ2) is 6.10. The molecule has 2 rings (SSSR count). The third-order valence-electron chi connectivity index (χ3n) is 3.87. The molecule has 0 heterocycles. The number of hydrogen-bond acceptors (Lipinski definition) is 2. The lowest BCUT2D eigenvalue weighted by molar-refractivity contribution is 0.909. The number of rotatable bonds is 4. The van der Waals surface area contributed by atoms with Gasteiger partial charge in [0, 0.05) is 25.8 Å². The molecule has 2 aromatic rings. The molecule has 0 radical (unpaired) electrons. The number of nitrogens with two attached hydrogens (primary N) is 1. The minimum absolute atomic E-state index is 0.597. The molecule has 0 aromatic heterocycles. The van der Waals surface area contributed by atoms with Gasteiger partial charge in [-0.1, -0.05) is 30.3 Å². The molecule has 2 N–H and O–H groups in total. The average molecular weight is 268 g/mol. The summed E-state index contributed by atoms with van der Waals surface area (Å²) in [7, 11) is 2.15. The molecule has 20 heavy (non-hydrogen) atoms. The smallest absolute Gasteiger partial charge is 0.0426 e. The van der Waals surface area contributed by atoms with Crippen molar-refractivity contribution >= 4 is 5.69 Å². The molecule has 0 aliphatic carbocycles. The van der Waals surface area contributed by atoms with E-state index >= 15 is 0 Å². The average Bonchev–Trinajstić information content (AvgIpc) is 2.43. The molecule has 2 heteroatoms. The minimum atomic E-state index is 0.597. The van der Waals surface area contributed by atoms with Crippen LogP contribution >= 0.6 is 0 Å². The molecule has 106 valence electrons. The standard InChI is InChI=1S/C18H24N2/c1-13-8-15(3)18(9-14(13)2)20(4)12-17-7-5-6-16(10-17)11-19/h5-10H,11-12,19H2,1-4H3. The van der Waals surface area contributed by atoms with Crippen molar-refractivity contribution in [3.63, 3.8) is 0 Å². The van der Waals surface area contributed by atoms with Crippen LogP contribution in [-0.4, -0.2) is 7.05 Å². The van der Waals surface area contributed by atoms with Gasteiger partial charge in [-0.25, -0.2) is 0 Å². The Morgan fingerprint density at radius 2 is 1.55 bits per heavy atom. The van der Waals surface area contributed by atoms with Crippen LogP contribution in [-0.2, 0) is 13.1 Å². The lowest BCUT2D eigenvalue weighted by atomic mass is 10.0. The van der Waals surface area contributed by atoms with Gasteiger partial charge in [0.25, 0.3) is 0 Å². The van der Waals surface area contributed by atoms with E-state index in [9.17, 15) is 0 Å². The van der Waals surface area contributed by atoms with Crippen LogP contribution in [0, 0.1) is 20.8 Å². The minimum Gasteiger partial charge on any atom is -0.370 e. The van der Waals surface area contributed by atoms with Crippen LogP contribution in [0.4, 0.5) is 5.69 Å². The van der Waals surface area contributed by atoms with Crippen LogP contribution in [0.15, 0.2) is 36.4 Å². The van der Waals surface area contributed by atoms with Gasteiger partial charge in [-0.05, 0) is 54.7 Å². The molecule has 0 bridgehead atoms. The van der Waals surface area contributed by atoms with E-state index in [1.165, 1.54) is 33.5 Å². The van der Waals surface area contributed by atoms with E-state index in [1.807, 2.05) is 0 Å². The van der Waals surface area contributed by atoms with Crippen molar-refractivity contribution in [1.82, 2.24) is 0 Å². The number of anilines is 1. The highest BCUT2D eigenvalue weighted by Crippen LogP contribution is 2.24. The summed E-state index contributed by atoms with van der Waals surface area (Å²) < 4.78 is 0. The van der Waals surface area contributed by atoms with Crippen molar-refractivity contribution in [1.29, 1.82) is 0 Å². The van der Waals surface area contributed by atoms with Gasteiger partial charge < -0.3 is 10.6 Å². The maximum absolute atomic E-state index is 5.71. The summed E-state index contributed by atoms with van der Waals surface area (Å²) in [5.41, 5.74) is 13.5. The first-order chi connectivity index (χ1) is 9.51. The molecule has 0 aliphatic rings. The second-order valence-corrected chi connectivity index (χ2v) is 5.60. The first-order valence-electron chi connectivity index (χ1n) is 7.08. The Hall–Kier alpha value is -1.80. The van der Waals surface area contributed by atoms with Gasteiger partial charge in [-0.3, -0.25) is 0 Å². The Morgan fingerprint density at radius 1 is 0.900 bits per heavy atom. The molecule has 0 atom stereocenters. The Labute approximate surface area is 122 Å². The summed E-state index contributed by atoms with van der Waals surface area (Å²) in [6.07, 6.45) is 0. The SMILES string of the molecule is Cc1cc(C)c(N(C)Cc2cccc(CN)c2)cc1C. The Kier molecular flexibility index (Phi) is 4.46. The predicted octanol–water partition coefficient (Wildman–Crippen LogP) is 3.71. The van der Waals surface area contributed by atoms with Gasteiger partial charge in [0.15, 0.2) is 0 Å². The van der Waals surface area contributed by atoms with E-state index in [2.05, 4.69) is 69.1 Å². The molecule has 0 saturated heterocycles. The zero-order valence-corrected chi connectivity index (χ0v) is 12.9. The molecular formula is C18H24N2. The number of benzene rings is 2. The third kappa shape index (κ3) is 3.20. The summed E-state index contributed by atoms with van der Waals surface area (Å²) in [6, 6.07) is 13.0. The highest BCUT2D eigenvalue weighted by molar-refractivity contribution is 5.56. The van der Waals surface area contributed by atoms with Crippen molar-refractivity contribution in [2.45, 2.75) is 33.9 Å². The first kappa shape index (κ1) is 14.6. The van der Waals surface area contributed by atoms with Crippen LogP contribution in [0.1, 0.15) is 27.8 Å². The summed E-state index contributed by atoms with van der Waals surface area (Å²) in [5, 5.41) is 0. The van der Waals surface area contributed by atoms with E-state index in [1.54, 1.807) is 0 Å². The van der Waals surface area contributed by atoms with Crippen LogP contribution in [0.5, 0.6) is 0 Å². The van der Waals surface area contributed by atoms with Crippen molar-refractivity contribution in [3.8, 4) is 0 Å². The maximum atomic E-state index is 5.71. The van der Waals surface area contributed by atoms with Gasteiger partial charge in [-0.15, -0.1) is 0 Å². The fourth-order valence-electron chi connectivity index (χ4n) is 2.57. The van der Waals surface area contributed by atoms with E-state index in [-0.39, 0.29) is 0 Å². The van der Waals surface area contributed by atoms with Crippen molar-refractivity contribution < 1.29 is 0 Å². The monoisotopic (exact) mass is 268 g/mol.